The van der Waals surface area contributed by atoms with Crippen LogP contribution in [0, 0.1) is 0 Å². The number of rotatable bonds is 6. The van der Waals surface area contributed by atoms with E-state index in [1.807, 2.05) is 24.4 Å². The summed E-state index contributed by atoms with van der Waals surface area (Å²) in [5, 5.41) is 3.45. The number of pyridine rings is 1. The number of carbonyl (C=O) groups excluding carboxylic acids is 1. The minimum Gasteiger partial charge on any atom is -0.469 e. The van der Waals surface area contributed by atoms with Crippen LogP contribution < -0.4 is 5.32 Å². The fraction of sp³-hybridized carbons (Fsp3) is 0.333. The first kappa shape index (κ1) is 14.7. The average Bonchev–Trinajstić information content (AvgIpc) is 2.93. The van der Waals surface area contributed by atoms with Crippen molar-refractivity contribution in [2.24, 2.45) is 0 Å². The normalized spacial score (nSPS) is 12.1. The molecule has 0 amide bonds. The Hall–Kier alpha value is -1.72. The quantitative estimate of drug-likeness (QED) is 0.831. The van der Waals surface area contributed by atoms with Crippen LogP contribution in [0.25, 0.3) is 0 Å². The molecule has 2 aromatic heterocycles. The predicted octanol–water partition coefficient (Wildman–Crippen LogP) is 2.71. The Balaban J connectivity index is 1.87. The predicted molar refractivity (Wildman–Crippen MR) is 79.5 cm³/mol. The topological polar surface area (TPSA) is 51.2 Å². The smallest absolute Gasteiger partial charge is 0.310 e. The number of ether oxygens (including phenoxy) is 1. The van der Waals surface area contributed by atoms with E-state index in [4.69, 9.17) is 0 Å². The van der Waals surface area contributed by atoms with Crippen molar-refractivity contribution in [1.82, 2.24) is 10.3 Å². The molecule has 0 aromatic carbocycles. The van der Waals surface area contributed by atoms with E-state index in [1.165, 1.54) is 17.6 Å². The lowest BCUT2D eigenvalue weighted by Crippen LogP contribution is -2.17. The number of aromatic nitrogens is 1. The van der Waals surface area contributed by atoms with E-state index < -0.39 is 0 Å². The summed E-state index contributed by atoms with van der Waals surface area (Å²) in [4.78, 5) is 17.6. The second kappa shape index (κ2) is 7.17. The lowest BCUT2D eigenvalue weighted by molar-refractivity contribution is -0.139. The van der Waals surface area contributed by atoms with E-state index in [0.717, 1.165) is 11.4 Å². The van der Waals surface area contributed by atoms with Crippen LogP contribution in [0.5, 0.6) is 0 Å². The molecule has 4 nitrogen and oxygen atoms in total. The van der Waals surface area contributed by atoms with E-state index in [0.29, 0.717) is 6.42 Å². The fourth-order valence-electron chi connectivity index (χ4n) is 1.83. The standard InChI is InChI=1S/C15H18N2O2S/c1-11(12-4-3-7-16-9-12)17-10-14-6-5-13(20-14)8-15(18)19-2/h3-7,9,11,17H,8,10H2,1-2H3. The molecule has 0 bridgehead atoms. The van der Waals surface area contributed by atoms with E-state index in [9.17, 15) is 4.79 Å². The van der Waals surface area contributed by atoms with Crippen molar-refractivity contribution in [1.29, 1.82) is 0 Å². The zero-order valence-electron chi connectivity index (χ0n) is 11.6. The number of esters is 1. The van der Waals surface area contributed by atoms with Crippen LogP contribution in [-0.2, 0) is 22.5 Å². The number of carbonyl (C=O) groups is 1. The molecule has 0 aliphatic carbocycles. The summed E-state index contributed by atoms with van der Waals surface area (Å²) in [5.41, 5.74) is 1.17. The summed E-state index contributed by atoms with van der Waals surface area (Å²) < 4.78 is 4.66. The number of methoxy groups -OCH3 is 1. The third kappa shape index (κ3) is 4.15. The highest BCUT2D eigenvalue weighted by Gasteiger charge is 2.08. The van der Waals surface area contributed by atoms with Crippen LogP contribution in [0.3, 0.4) is 0 Å². The third-order valence-corrected chi connectivity index (χ3v) is 4.12. The largest absolute Gasteiger partial charge is 0.469 e. The van der Waals surface area contributed by atoms with Gasteiger partial charge in [0.1, 0.15) is 0 Å². The molecular formula is C15H18N2O2S. The molecule has 0 fully saturated rings. The van der Waals surface area contributed by atoms with Crippen molar-refractivity contribution in [2.75, 3.05) is 7.11 Å². The van der Waals surface area contributed by atoms with Gasteiger partial charge in [-0.3, -0.25) is 9.78 Å². The summed E-state index contributed by atoms with van der Waals surface area (Å²) in [6.45, 7) is 2.89. The van der Waals surface area contributed by atoms with Gasteiger partial charge in [-0.15, -0.1) is 11.3 Å². The van der Waals surface area contributed by atoms with Crippen molar-refractivity contribution in [3.8, 4) is 0 Å². The number of nitrogens with zero attached hydrogens (tertiary/aromatic N) is 1. The van der Waals surface area contributed by atoms with Crippen LogP contribution in [0.15, 0.2) is 36.7 Å². The van der Waals surface area contributed by atoms with Crippen LogP contribution in [0.4, 0.5) is 0 Å². The van der Waals surface area contributed by atoms with Gasteiger partial charge >= 0.3 is 5.97 Å². The third-order valence-electron chi connectivity index (χ3n) is 3.03. The first-order valence-electron chi connectivity index (χ1n) is 6.46. The molecule has 0 spiro atoms. The number of hydrogen-bond acceptors (Lipinski definition) is 5. The van der Waals surface area contributed by atoms with Gasteiger partial charge < -0.3 is 10.1 Å². The molecule has 5 heteroatoms. The minimum atomic E-state index is -0.199. The van der Waals surface area contributed by atoms with Gasteiger partial charge in [-0.2, -0.15) is 0 Å². The number of nitrogens with one attached hydrogen (secondary N) is 1. The van der Waals surface area contributed by atoms with Crippen LogP contribution in [-0.4, -0.2) is 18.1 Å². The molecule has 1 unspecified atom stereocenters. The van der Waals surface area contributed by atoms with Crippen molar-refractivity contribution in [3.63, 3.8) is 0 Å². The minimum absolute atomic E-state index is 0.199. The zero-order chi connectivity index (χ0) is 14.4. The first-order chi connectivity index (χ1) is 9.69. The second-order valence-corrected chi connectivity index (χ2v) is 5.76. The molecular weight excluding hydrogens is 272 g/mol. The van der Waals surface area contributed by atoms with Crippen molar-refractivity contribution in [3.05, 3.63) is 52.0 Å². The Bertz CT molecular complexity index is 554. The molecule has 1 atom stereocenters. The van der Waals surface area contributed by atoms with Crippen molar-refractivity contribution in [2.45, 2.75) is 25.9 Å². The molecule has 2 rings (SSSR count). The highest BCUT2D eigenvalue weighted by molar-refractivity contribution is 7.12. The monoisotopic (exact) mass is 290 g/mol. The van der Waals surface area contributed by atoms with Crippen molar-refractivity contribution < 1.29 is 9.53 Å². The summed E-state index contributed by atoms with van der Waals surface area (Å²) in [7, 11) is 1.41. The van der Waals surface area contributed by atoms with Gasteiger partial charge in [-0.1, -0.05) is 6.07 Å². The molecule has 0 radical (unpaired) electrons. The molecule has 106 valence electrons. The Morgan fingerprint density at radius 1 is 1.40 bits per heavy atom. The molecule has 20 heavy (non-hydrogen) atoms. The van der Waals surface area contributed by atoms with Gasteiger partial charge in [0.15, 0.2) is 0 Å². The van der Waals surface area contributed by atoms with Gasteiger partial charge in [0.25, 0.3) is 0 Å². The van der Waals surface area contributed by atoms with Crippen molar-refractivity contribution >= 4 is 17.3 Å². The van der Waals surface area contributed by atoms with E-state index in [-0.39, 0.29) is 12.0 Å². The maximum Gasteiger partial charge on any atom is 0.310 e. The average molecular weight is 290 g/mol. The Morgan fingerprint density at radius 2 is 2.20 bits per heavy atom. The second-order valence-electron chi connectivity index (χ2n) is 4.51. The summed E-state index contributed by atoms with van der Waals surface area (Å²) >= 11 is 1.63. The zero-order valence-corrected chi connectivity index (χ0v) is 12.4. The molecule has 2 heterocycles. The van der Waals surface area contributed by atoms with E-state index in [1.54, 1.807) is 17.5 Å². The summed E-state index contributed by atoms with van der Waals surface area (Å²) in [6.07, 6.45) is 3.99. The Kier molecular flexibility index (Phi) is 5.26. The van der Waals surface area contributed by atoms with Crippen LogP contribution in [0.2, 0.25) is 0 Å². The van der Waals surface area contributed by atoms with Gasteiger partial charge in [0, 0.05) is 34.7 Å². The maximum atomic E-state index is 11.2. The molecule has 2 aromatic rings. The molecule has 0 saturated carbocycles. The highest BCUT2D eigenvalue weighted by Crippen LogP contribution is 2.19. The molecule has 0 aliphatic rings. The maximum absolute atomic E-state index is 11.2. The van der Waals surface area contributed by atoms with Gasteiger partial charge in [0.2, 0.25) is 0 Å². The van der Waals surface area contributed by atoms with E-state index in [2.05, 4.69) is 28.0 Å². The van der Waals surface area contributed by atoms with Gasteiger partial charge in [-0.05, 0) is 30.7 Å². The molecule has 0 aliphatic heterocycles. The summed E-state index contributed by atoms with van der Waals surface area (Å²) in [5.74, 6) is -0.199. The lowest BCUT2D eigenvalue weighted by atomic mass is 10.1. The Morgan fingerprint density at radius 3 is 2.90 bits per heavy atom. The summed E-state index contributed by atoms with van der Waals surface area (Å²) in [6, 6.07) is 8.27. The number of hydrogen-bond donors (Lipinski definition) is 1. The molecule has 0 saturated heterocycles. The molecule has 1 N–H and O–H groups in total. The lowest BCUT2D eigenvalue weighted by Gasteiger charge is -2.12. The van der Waals surface area contributed by atoms with Gasteiger partial charge in [-0.25, -0.2) is 0 Å². The SMILES string of the molecule is COC(=O)Cc1ccc(CNC(C)c2cccnc2)s1. The number of thiophene rings is 1. The van der Waals surface area contributed by atoms with Crippen LogP contribution >= 0.6 is 11.3 Å². The van der Waals surface area contributed by atoms with Crippen LogP contribution in [0.1, 0.15) is 28.3 Å². The Labute approximate surface area is 122 Å². The van der Waals surface area contributed by atoms with Gasteiger partial charge in [0.05, 0.1) is 13.5 Å². The van der Waals surface area contributed by atoms with E-state index >= 15 is 0 Å². The highest BCUT2D eigenvalue weighted by atomic mass is 32.1. The fourth-order valence-corrected chi connectivity index (χ4v) is 2.78. The first-order valence-corrected chi connectivity index (χ1v) is 7.28.